The summed E-state index contributed by atoms with van der Waals surface area (Å²) in [5.41, 5.74) is 5.90. The minimum atomic E-state index is -1.65. The number of rotatable bonds is 8. The number of carbonyl (C=O) groups excluding carboxylic acids is 1. The summed E-state index contributed by atoms with van der Waals surface area (Å²) in [6.45, 7) is 14.1. The third-order valence-electron chi connectivity index (χ3n) is 3.72. The topological polar surface area (TPSA) is 61.5 Å². The molecule has 4 nitrogen and oxygen atoms in total. The van der Waals surface area contributed by atoms with E-state index in [2.05, 4.69) is 33.9 Å². The largest absolute Gasteiger partial charge is 0.466 e. The summed E-state index contributed by atoms with van der Waals surface area (Å²) < 4.78 is 10.9. The van der Waals surface area contributed by atoms with Crippen molar-refractivity contribution in [1.82, 2.24) is 0 Å². The summed E-state index contributed by atoms with van der Waals surface area (Å²) in [6, 6.07) is -0.123. The van der Waals surface area contributed by atoms with Gasteiger partial charge in [-0.1, -0.05) is 20.8 Å². The van der Waals surface area contributed by atoms with Crippen molar-refractivity contribution in [3.63, 3.8) is 0 Å². The molecule has 0 unspecified atom stereocenters. The van der Waals surface area contributed by atoms with E-state index in [1.54, 1.807) is 6.92 Å². The van der Waals surface area contributed by atoms with E-state index in [1.807, 2.05) is 0 Å². The molecule has 2 N–H and O–H groups in total. The van der Waals surface area contributed by atoms with Gasteiger partial charge < -0.3 is 14.9 Å². The first-order valence-corrected chi connectivity index (χ1v) is 10.1. The van der Waals surface area contributed by atoms with Crippen LogP contribution in [0.5, 0.6) is 0 Å². The van der Waals surface area contributed by atoms with E-state index in [4.69, 9.17) is 14.9 Å². The highest BCUT2D eigenvalue weighted by atomic mass is 28.4. The van der Waals surface area contributed by atoms with Gasteiger partial charge in [0.05, 0.1) is 13.0 Å². The monoisotopic (exact) mass is 289 g/mol. The normalized spacial score (nSPS) is 14.3. The summed E-state index contributed by atoms with van der Waals surface area (Å²) in [4.78, 5) is 11.3. The molecule has 0 aromatic rings. The van der Waals surface area contributed by atoms with Crippen molar-refractivity contribution in [2.75, 3.05) is 13.2 Å². The van der Waals surface area contributed by atoms with Crippen LogP contribution in [0.4, 0.5) is 0 Å². The zero-order valence-electron chi connectivity index (χ0n) is 13.4. The highest BCUT2D eigenvalue weighted by Crippen LogP contribution is 2.36. The van der Waals surface area contributed by atoms with Gasteiger partial charge in [0.15, 0.2) is 8.32 Å². The van der Waals surface area contributed by atoms with Crippen molar-refractivity contribution < 1.29 is 14.0 Å². The predicted octanol–water partition coefficient (Wildman–Crippen LogP) is 3.07. The molecule has 0 radical (unpaired) electrons. The zero-order chi connectivity index (χ0) is 15.1. The van der Waals surface area contributed by atoms with Gasteiger partial charge >= 0.3 is 5.97 Å². The van der Waals surface area contributed by atoms with E-state index in [0.717, 1.165) is 19.4 Å². The molecule has 0 aliphatic rings. The number of esters is 1. The molecule has 0 spiro atoms. The second kappa shape index (κ2) is 8.02. The van der Waals surface area contributed by atoms with Crippen molar-refractivity contribution in [3.8, 4) is 0 Å². The van der Waals surface area contributed by atoms with Gasteiger partial charge in [-0.25, -0.2) is 0 Å². The first kappa shape index (κ1) is 18.6. The molecule has 0 saturated heterocycles. The van der Waals surface area contributed by atoms with Crippen molar-refractivity contribution in [2.24, 2.45) is 5.73 Å². The molecular weight excluding hydrogens is 258 g/mol. The molecule has 0 aromatic carbocycles. The maximum Gasteiger partial charge on any atom is 0.307 e. The van der Waals surface area contributed by atoms with Crippen LogP contribution in [-0.2, 0) is 14.0 Å². The fourth-order valence-electron chi connectivity index (χ4n) is 1.43. The van der Waals surface area contributed by atoms with Crippen molar-refractivity contribution in [1.29, 1.82) is 0 Å². The Morgan fingerprint density at radius 3 is 2.37 bits per heavy atom. The van der Waals surface area contributed by atoms with Gasteiger partial charge in [-0.05, 0) is 37.9 Å². The molecular formula is C14H31NO3Si. The number of hydrogen-bond acceptors (Lipinski definition) is 4. The maximum atomic E-state index is 11.3. The van der Waals surface area contributed by atoms with Crippen LogP contribution in [0.2, 0.25) is 18.1 Å². The lowest BCUT2D eigenvalue weighted by Crippen LogP contribution is -2.41. The number of nitrogens with two attached hydrogens (primary N) is 1. The highest BCUT2D eigenvalue weighted by Gasteiger charge is 2.36. The number of hydrogen-bond donors (Lipinski definition) is 1. The Kier molecular flexibility index (Phi) is 7.85. The van der Waals surface area contributed by atoms with Crippen LogP contribution in [0, 0.1) is 0 Å². The van der Waals surface area contributed by atoms with Crippen LogP contribution < -0.4 is 5.73 Å². The molecule has 0 saturated carbocycles. The lowest BCUT2D eigenvalue weighted by Gasteiger charge is -2.36. The minimum Gasteiger partial charge on any atom is -0.466 e. The van der Waals surface area contributed by atoms with Crippen LogP contribution in [-0.4, -0.2) is 33.5 Å². The SMILES string of the molecule is CCOC(=O)C[C@@H](N)CCCO[Si](C)(C)C(C)(C)C. The Hall–Kier alpha value is -0.393. The van der Waals surface area contributed by atoms with Gasteiger partial charge in [-0.3, -0.25) is 4.79 Å². The summed E-state index contributed by atoms with van der Waals surface area (Å²) in [7, 11) is -1.65. The van der Waals surface area contributed by atoms with Crippen LogP contribution in [0.15, 0.2) is 0 Å². The van der Waals surface area contributed by atoms with E-state index in [0.29, 0.717) is 13.0 Å². The first-order chi connectivity index (χ1) is 8.60. The maximum absolute atomic E-state index is 11.3. The smallest absolute Gasteiger partial charge is 0.307 e. The van der Waals surface area contributed by atoms with Gasteiger partial charge in [0.2, 0.25) is 0 Å². The quantitative estimate of drug-likeness (QED) is 0.424. The van der Waals surface area contributed by atoms with E-state index >= 15 is 0 Å². The Bertz CT molecular complexity index is 274. The molecule has 0 heterocycles. The summed E-state index contributed by atoms with van der Waals surface area (Å²) in [5, 5.41) is 0.236. The lowest BCUT2D eigenvalue weighted by atomic mass is 10.1. The van der Waals surface area contributed by atoms with Gasteiger partial charge in [0.1, 0.15) is 0 Å². The molecule has 0 fully saturated rings. The number of carbonyl (C=O) groups is 1. The highest BCUT2D eigenvalue weighted by molar-refractivity contribution is 6.74. The van der Waals surface area contributed by atoms with Gasteiger partial charge in [0, 0.05) is 12.6 Å². The van der Waals surface area contributed by atoms with Crippen molar-refractivity contribution in [3.05, 3.63) is 0 Å². The molecule has 0 aromatic heterocycles. The second-order valence-corrected chi connectivity index (χ2v) is 11.3. The van der Waals surface area contributed by atoms with Crippen LogP contribution in [0.1, 0.15) is 47.0 Å². The molecule has 0 bridgehead atoms. The van der Waals surface area contributed by atoms with Gasteiger partial charge in [-0.2, -0.15) is 0 Å². The first-order valence-electron chi connectivity index (χ1n) is 7.15. The van der Waals surface area contributed by atoms with Crippen LogP contribution in [0.25, 0.3) is 0 Å². The third-order valence-corrected chi connectivity index (χ3v) is 8.26. The summed E-state index contributed by atoms with van der Waals surface area (Å²) in [6.07, 6.45) is 1.99. The van der Waals surface area contributed by atoms with Gasteiger partial charge in [0.25, 0.3) is 0 Å². The van der Waals surface area contributed by atoms with E-state index in [1.165, 1.54) is 0 Å². The average molecular weight is 289 g/mol. The second-order valence-electron chi connectivity index (χ2n) is 6.52. The molecule has 114 valence electrons. The van der Waals surface area contributed by atoms with Gasteiger partial charge in [-0.15, -0.1) is 0 Å². The van der Waals surface area contributed by atoms with E-state index in [9.17, 15) is 4.79 Å². The standard InChI is InChI=1S/C14H31NO3Si/c1-7-17-13(16)11-12(15)9-8-10-18-19(5,6)14(2,3)4/h12H,7-11,15H2,1-6H3/t12-/m0/s1. The minimum absolute atomic E-state index is 0.123. The third kappa shape index (κ3) is 7.70. The Balaban J connectivity index is 3.84. The molecule has 0 aliphatic carbocycles. The lowest BCUT2D eigenvalue weighted by molar-refractivity contribution is -0.143. The van der Waals surface area contributed by atoms with Crippen LogP contribution >= 0.6 is 0 Å². The van der Waals surface area contributed by atoms with E-state index < -0.39 is 8.32 Å². The fourth-order valence-corrected chi connectivity index (χ4v) is 2.51. The molecule has 19 heavy (non-hydrogen) atoms. The Morgan fingerprint density at radius 1 is 1.32 bits per heavy atom. The molecule has 0 aliphatic heterocycles. The molecule has 1 atom stereocenters. The summed E-state index contributed by atoms with van der Waals surface area (Å²) >= 11 is 0. The van der Waals surface area contributed by atoms with E-state index in [-0.39, 0.29) is 17.0 Å². The van der Waals surface area contributed by atoms with Crippen molar-refractivity contribution in [2.45, 2.75) is 71.1 Å². The average Bonchev–Trinajstić information content (AvgIpc) is 2.23. The van der Waals surface area contributed by atoms with Crippen molar-refractivity contribution >= 4 is 14.3 Å². The fraction of sp³-hybridized carbons (Fsp3) is 0.929. The predicted molar refractivity (Wildman–Crippen MR) is 81.6 cm³/mol. The van der Waals surface area contributed by atoms with Crippen LogP contribution in [0.3, 0.4) is 0 Å². The molecule has 5 heteroatoms. The zero-order valence-corrected chi connectivity index (χ0v) is 14.4. The summed E-state index contributed by atoms with van der Waals surface area (Å²) in [5.74, 6) is -0.208. The number of ether oxygens (including phenoxy) is 1. The molecule has 0 rings (SSSR count). The Labute approximate surface area is 119 Å². The molecule has 0 amide bonds. The Morgan fingerprint density at radius 2 is 1.89 bits per heavy atom.